The molecule has 2 saturated heterocycles. The number of nitro benzene ring substituents is 1. The van der Waals surface area contributed by atoms with Gasteiger partial charge in [-0.2, -0.15) is 0 Å². The Morgan fingerprint density at radius 1 is 1.02 bits per heavy atom. The summed E-state index contributed by atoms with van der Waals surface area (Å²) in [4.78, 5) is 34.8. The first-order chi connectivity index (χ1) is 26.7. The van der Waals surface area contributed by atoms with Gasteiger partial charge in [-0.1, -0.05) is 42.5 Å². The molecule has 2 unspecified atom stereocenters. The molecule has 0 spiro atoms. The number of nitrogens with zero attached hydrogens (tertiary/aromatic N) is 3. The highest BCUT2D eigenvalue weighted by atomic mass is 32.2. The molecule has 2 fully saturated rings. The van der Waals surface area contributed by atoms with Crippen LogP contribution in [-0.2, 0) is 14.8 Å². The van der Waals surface area contributed by atoms with Gasteiger partial charge in [0.1, 0.15) is 22.8 Å². The van der Waals surface area contributed by atoms with E-state index < -0.39 is 31.4 Å². The zero-order valence-corrected chi connectivity index (χ0v) is 31.0. The van der Waals surface area contributed by atoms with E-state index in [0.29, 0.717) is 43.2 Å². The number of carbonyl (C=O) groups excluding carboxylic acids is 1. The van der Waals surface area contributed by atoms with Crippen molar-refractivity contribution in [3.05, 3.63) is 124 Å². The third kappa shape index (κ3) is 7.97. The number of nitrogens with one attached hydrogen (secondary N) is 3. The van der Waals surface area contributed by atoms with Crippen molar-refractivity contribution in [2.24, 2.45) is 5.92 Å². The van der Waals surface area contributed by atoms with Crippen molar-refractivity contribution in [3.8, 4) is 11.5 Å². The SMILES string of the molecule is O=C(NS(=O)(=O)c1ccc(NCC2CCOCC2)c([N+](=O)[O-])c1)c1ccc(C2=CCC(N3CCC3c3ccccc3)CC2)cc1Oc1cnc2[nH]ccc2c1. The lowest BCUT2D eigenvalue weighted by molar-refractivity contribution is -0.384. The number of allylic oxidation sites excluding steroid dienone is 1. The Labute approximate surface area is 319 Å². The normalized spacial score (nSPS) is 19.3. The van der Waals surface area contributed by atoms with E-state index in [0.717, 1.165) is 67.7 Å². The zero-order valence-electron chi connectivity index (χ0n) is 30.1. The van der Waals surface area contributed by atoms with Gasteiger partial charge in [0.15, 0.2) is 0 Å². The van der Waals surface area contributed by atoms with Gasteiger partial charge >= 0.3 is 0 Å². The van der Waals surface area contributed by atoms with Gasteiger partial charge in [0.05, 0.1) is 21.6 Å². The largest absolute Gasteiger partial charge is 0.455 e. The van der Waals surface area contributed by atoms with Crippen molar-refractivity contribution < 1.29 is 27.6 Å². The van der Waals surface area contributed by atoms with Crippen molar-refractivity contribution >= 4 is 43.9 Å². The van der Waals surface area contributed by atoms with Crippen LogP contribution in [0.5, 0.6) is 11.5 Å². The number of amides is 1. The number of sulfonamides is 1. The number of benzene rings is 3. The number of H-pyrrole nitrogens is 1. The van der Waals surface area contributed by atoms with E-state index in [2.05, 4.69) is 55.2 Å². The minimum absolute atomic E-state index is 0.0219. The van der Waals surface area contributed by atoms with E-state index in [1.54, 1.807) is 30.5 Å². The zero-order chi connectivity index (χ0) is 37.9. The lowest BCUT2D eigenvalue weighted by Gasteiger charge is -2.47. The quantitative estimate of drug-likeness (QED) is 0.0850. The molecule has 3 N–H and O–H groups in total. The summed E-state index contributed by atoms with van der Waals surface area (Å²) in [6.45, 7) is 2.82. The topological polar surface area (TPSA) is 169 Å². The van der Waals surface area contributed by atoms with Crippen LogP contribution in [0.25, 0.3) is 16.6 Å². The molecule has 1 amide bonds. The number of rotatable bonds is 12. The van der Waals surface area contributed by atoms with Gasteiger partial charge in [0, 0.05) is 56.0 Å². The third-order valence-electron chi connectivity index (χ3n) is 10.9. The molecule has 2 aliphatic heterocycles. The van der Waals surface area contributed by atoms with Crippen LogP contribution in [-0.4, -0.2) is 66.5 Å². The maximum atomic E-state index is 13.8. The molecule has 1 aliphatic carbocycles. The van der Waals surface area contributed by atoms with Crippen LogP contribution in [0.2, 0.25) is 0 Å². The number of aromatic amines is 1. The van der Waals surface area contributed by atoms with Crippen molar-refractivity contribution in [1.82, 2.24) is 19.6 Å². The molecule has 284 valence electrons. The molecule has 2 aromatic heterocycles. The second kappa shape index (κ2) is 15.7. The van der Waals surface area contributed by atoms with Gasteiger partial charge in [0.25, 0.3) is 21.6 Å². The van der Waals surface area contributed by atoms with Crippen LogP contribution < -0.4 is 14.8 Å². The summed E-state index contributed by atoms with van der Waals surface area (Å²) in [7, 11) is -4.53. The van der Waals surface area contributed by atoms with Crippen LogP contribution in [0.3, 0.4) is 0 Å². The molecule has 4 heterocycles. The maximum Gasteiger partial charge on any atom is 0.293 e. The van der Waals surface area contributed by atoms with E-state index in [-0.39, 0.29) is 22.9 Å². The molecular formula is C41H42N6O7S. The van der Waals surface area contributed by atoms with Crippen LogP contribution in [0.4, 0.5) is 11.4 Å². The Kier molecular flexibility index (Phi) is 10.4. The van der Waals surface area contributed by atoms with Crippen molar-refractivity contribution in [2.45, 2.75) is 55.5 Å². The standard InChI is InChI=1S/C41H42N6O7S/c48-41(45-55(51,52)34-11-13-36(38(24-34)47(49)50)43-25-27-16-20-53-21-17-27)35-12-8-30(23-39(35)54-33-22-31-14-18-42-40(31)44-26-33)28-6-9-32(10-7-28)46-19-15-37(46)29-4-2-1-3-5-29/h1-6,8,11-14,18,22-24,26-27,32,37,43H,7,9-10,15-17,19-21,25H2,(H,42,44)(H,45,48). The number of pyridine rings is 1. The molecule has 8 rings (SSSR count). The summed E-state index contributed by atoms with van der Waals surface area (Å²) < 4.78 is 40.9. The van der Waals surface area contributed by atoms with Gasteiger partial charge in [0.2, 0.25) is 0 Å². The molecule has 14 heteroatoms. The minimum Gasteiger partial charge on any atom is -0.455 e. The Morgan fingerprint density at radius 3 is 2.60 bits per heavy atom. The predicted octanol–water partition coefficient (Wildman–Crippen LogP) is 7.60. The van der Waals surface area contributed by atoms with Crippen molar-refractivity contribution in [2.75, 3.05) is 31.6 Å². The van der Waals surface area contributed by atoms with Crippen molar-refractivity contribution in [1.29, 1.82) is 0 Å². The summed E-state index contributed by atoms with van der Waals surface area (Å²) in [5, 5.41) is 15.9. The summed E-state index contributed by atoms with van der Waals surface area (Å²) in [5.41, 5.74) is 3.78. The third-order valence-corrected chi connectivity index (χ3v) is 12.3. The van der Waals surface area contributed by atoms with E-state index in [4.69, 9.17) is 9.47 Å². The summed E-state index contributed by atoms with van der Waals surface area (Å²) in [6, 6.07) is 23.8. The smallest absolute Gasteiger partial charge is 0.293 e. The van der Waals surface area contributed by atoms with Crippen molar-refractivity contribution in [3.63, 3.8) is 0 Å². The number of anilines is 1. The first-order valence-electron chi connectivity index (χ1n) is 18.6. The van der Waals surface area contributed by atoms with Gasteiger partial charge in [-0.05, 0) is 97.5 Å². The Bertz CT molecular complexity index is 2360. The van der Waals surface area contributed by atoms with E-state index >= 15 is 0 Å². The number of likely N-dealkylation sites (tertiary alicyclic amines) is 1. The minimum atomic E-state index is -4.53. The van der Waals surface area contributed by atoms with Crippen LogP contribution in [0, 0.1) is 16.0 Å². The van der Waals surface area contributed by atoms with Crippen LogP contribution >= 0.6 is 0 Å². The number of carbonyl (C=O) groups is 1. The second-order valence-electron chi connectivity index (χ2n) is 14.3. The highest BCUT2D eigenvalue weighted by Crippen LogP contribution is 2.41. The lowest BCUT2D eigenvalue weighted by Crippen LogP contribution is -2.48. The highest BCUT2D eigenvalue weighted by Gasteiger charge is 2.35. The number of aromatic nitrogens is 2. The summed E-state index contributed by atoms with van der Waals surface area (Å²) in [6.07, 6.45) is 11.0. The average Bonchev–Trinajstić information content (AvgIpc) is 3.66. The predicted molar refractivity (Wildman–Crippen MR) is 209 cm³/mol. The Balaban J connectivity index is 1.03. The molecule has 2 atom stereocenters. The maximum absolute atomic E-state index is 13.8. The molecule has 3 aliphatic rings. The van der Waals surface area contributed by atoms with Gasteiger partial charge in [-0.3, -0.25) is 19.8 Å². The van der Waals surface area contributed by atoms with Crippen LogP contribution in [0.15, 0.2) is 102 Å². The fraction of sp³-hybridized carbons (Fsp3) is 0.317. The molecule has 55 heavy (non-hydrogen) atoms. The molecule has 13 nitrogen and oxygen atoms in total. The lowest BCUT2D eigenvalue weighted by atomic mass is 9.85. The van der Waals surface area contributed by atoms with E-state index in [9.17, 15) is 23.3 Å². The molecule has 5 aromatic rings. The average molecular weight is 763 g/mol. The van der Waals surface area contributed by atoms with Crippen LogP contribution in [0.1, 0.15) is 66.1 Å². The highest BCUT2D eigenvalue weighted by molar-refractivity contribution is 7.90. The molecular weight excluding hydrogens is 721 g/mol. The Hall–Kier alpha value is -5.57. The van der Waals surface area contributed by atoms with Gasteiger partial charge in [-0.15, -0.1) is 0 Å². The first kappa shape index (κ1) is 36.4. The number of hydrogen-bond donors (Lipinski definition) is 3. The summed E-state index contributed by atoms with van der Waals surface area (Å²) in [5.74, 6) is -0.147. The number of nitro groups is 1. The van der Waals surface area contributed by atoms with Gasteiger partial charge in [-0.25, -0.2) is 18.1 Å². The molecule has 3 aromatic carbocycles. The number of hydrogen-bond acceptors (Lipinski definition) is 10. The van der Waals surface area contributed by atoms with E-state index in [1.165, 1.54) is 23.9 Å². The van der Waals surface area contributed by atoms with Gasteiger partial charge < -0.3 is 19.8 Å². The number of fused-ring (bicyclic) bond motifs is 1. The number of ether oxygens (including phenoxy) is 2. The second-order valence-corrected chi connectivity index (χ2v) is 16.0. The summed E-state index contributed by atoms with van der Waals surface area (Å²) >= 11 is 0. The monoisotopic (exact) mass is 762 g/mol. The molecule has 0 bridgehead atoms. The first-order valence-corrected chi connectivity index (χ1v) is 20.1. The fourth-order valence-corrected chi connectivity index (χ4v) is 8.76. The molecule has 0 saturated carbocycles. The fourth-order valence-electron chi connectivity index (χ4n) is 7.78. The Morgan fingerprint density at radius 2 is 1.85 bits per heavy atom. The molecule has 0 radical (unpaired) electrons. The van der Waals surface area contributed by atoms with E-state index in [1.807, 2.05) is 12.1 Å².